The number of nitrogens with zero attached hydrogens (tertiary/aromatic N) is 2. The molecule has 168 valence electrons. The molecule has 34 heavy (non-hydrogen) atoms. The number of imidazole rings is 1. The summed E-state index contributed by atoms with van der Waals surface area (Å²) >= 11 is 6.01. The van der Waals surface area contributed by atoms with Gasteiger partial charge in [0.25, 0.3) is 5.91 Å². The van der Waals surface area contributed by atoms with Crippen LogP contribution in [0, 0.1) is 0 Å². The molecule has 2 heterocycles. The van der Waals surface area contributed by atoms with E-state index in [0.29, 0.717) is 23.7 Å². The summed E-state index contributed by atoms with van der Waals surface area (Å²) in [5, 5.41) is 4.34. The van der Waals surface area contributed by atoms with Gasteiger partial charge in [0.1, 0.15) is 5.69 Å². The number of para-hydroxylation sites is 1. The molecule has 0 saturated carbocycles. The van der Waals surface area contributed by atoms with E-state index in [9.17, 15) is 9.59 Å². The number of fused-ring (bicyclic) bond motifs is 1. The number of hydrogen-bond acceptors (Lipinski definition) is 3. The van der Waals surface area contributed by atoms with Crippen LogP contribution in [0.15, 0.2) is 91.3 Å². The van der Waals surface area contributed by atoms with Gasteiger partial charge in [0, 0.05) is 35.2 Å². The number of halogens is 1. The molecule has 0 atom stereocenters. The van der Waals surface area contributed by atoms with Crippen LogP contribution in [-0.2, 0) is 13.1 Å². The lowest BCUT2D eigenvalue weighted by Crippen LogP contribution is -2.23. The highest BCUT2D eigenvalue weighted by atomic mass is 35.5. The van der Waals surface area contributed by atoms with Crippen LogP contribution in [0.1, 0.15) is 37.8 Å². The van der Waals surface area contributed by atoms with Crippen molar-refractivity contribution in [1.82, 2.24) is 19.9 Å². The fraction of sp³-hybridized carbons (Fsp3) is 0.0741. The van der Waals surface area contributed by atoms with Crippen molar-refractivity contribution in [1.29, 1.82) is 0 Å². The standard InChI is InChI=1S/C27H21ClN4O2/c28-20-12-10-19(11-13-20)16-32-17-22(21-8-4-5-9-24(21)32)25(33)26-29-15-23(31-26)27(34)30-14-18-6-2-1-3-7-18/h1-13,15,17H,14,16H2,(H,29,31)(H,30,34). The number of nitrogens with one attached hydrogen (secondary N) is 2. The number of aromatic nitrogens is 3. The minimum Gasteiger partial charge on any atom is -0.347 e. The van der Waals surface area contributed by atoms with Gasteiger partial charge in [-0.1, -0.05) is 72.3 Å². The normalized spacial score (nSPS) is 11.0. The predicted molar refractivity (Wildman–Crippen MR) is 132 cm³/mol. The molecule has 0 aliphatic rings. The van der Waals surface area contributed by atoms with Crippen molar-refractivity contribution in [2.24, 2.45) is 0 Å². The van der Waals surface area contributed by atoms with Gasteiger partial charge in [-0.05, 0) is 29.3 Å². The van der Waals surface area contributed by atoms with Crippen molar-refractivity contribution < 1.29 is 9.59 Å². The van der Waals surface area contributed by atoms with E-state index in [1.54, 1.807) is 0 Å². The molecule has 2 aromatic heterocycles. The maximum absolute atomic E-state index is 13.3. The Kier molecular flexibility index (Phi) is 5.97. The van der Waals surface area contributed by atoms with Crippen LogP contribution in [0.25, 0.3) is 10.9 Å². The lowest BCUT2D eigenvalue weighted by molar-refractivity contribution is 0.0946. The number of aromatic amines is 1. The largest absolute Gasteiger partial charge is 0.347 e. The lowest BCUT2D eigenvalue weighted by atomic mass is 10.1. The molecule has 0 unspecified atom stereocenters. The van der Waals surface area contributed by atoms with Crippen LogP contribution >= 0.6 is 11.6 Å². The molecule has 1 amide bonds. The molecule has 0 spiro atoms. The molecule has 5 rings (SSSR count). The Morgan fingerprint density at radius 1 is 0.912 bits per heavy atom. The molecule has 7 heteroatoms. The van der Waals surface area contributed by atoms with Gasteiger partial charge in [-0.15, -0.1) is 0 Å². The van der Waals surface area contributed by atoms with Gasteiger partial charge in [-0.3, -0.25) is 9.59 Å². The third kappa shape index (κ3) is 4.49. The molecular formula is C27H21ClN4O2. The highest BCUT2D eigenvalue weighted by Crippen LogP contribution is 2.24. The summed E-state index contributed by atoms with van der Waals surface area (Å²) in [6, 6.07) is 25.0. The zero-order valence-electron chi connectivity index (χ0n) is 18.2. The highest BCUT2D eigenvalue weighted by molar-refractivity contribution is 6.30. The van der Waals surface area contributed by atoms with Gasteiger partial charge in [0.2, 0.25) is 5.78 Å². The third-order valence-corrected chi connectivity index (χ3v) is 5.88. The Morgan fingerprint density at radius 3 is 2.44 bits per heavy atom. The summed E-state index contributed by atoms with van der Waals surface area (Å²) in [6.07, 6.45) is 3.22. The molecule has 6 nitrogen and oxygen atoms in total. The Labute approximate surface area is 201 Å². The van der Waals surface area contributed by atoms with E-state index in [1.165, 1.54) is 6.20 Å². The zero-order chi connectivity index (χ0) is 23.5. The number of carbonyl (C=O) groups is 2. The average Bonchev–Trinajstić information content (AvgIpc) is 3.50. The van der Waals surface area contributed by atoms with Crippen LogP contribution in [0.4, 0.5) is 0 Å². The van der Waals surface area contributed by atoms with E-state index in [2.05, 4.69) is 15.3 Å². The number of ketones is 1. The first kappa shape index (κ1) is 21.7. The zero-order valence-corrected chi connectivity index (χ0v) is 18.9. The fourth-order valence-electron chi connectivity index (χ4n) is 3.90. The number of amides is 1. The minimum atomic E-state index is -0.319. The SMILES string of the molecule is O=C(NCc1ccccc1)c1cnc(C(=O)c2cn(Cc3ccc(Cl)cc3)c3ccccc23)[nH]1. The highest BCUT2D eigenvalue weighted by Gasteiger charge is 2.20. The molecule has 3 aromatic carbocycles. The number of rotatable bonds is 7. The van der Waals surface area contributed by atoms with Gasteiger partial charge >= 0.3 is 0 Å². The van der Waals surface area contributed by atoms with Gasteiger partial charge in [-0.25, -0.2) is 4.98 Å². The number of H-pyrrole nitrogens is 1. The summed E-state index contributed by atoms with van der Waals surface area (Å²) in [7, 11) is 0. The molecule has 0 aliphatic heterocycles. The van der Waals surface area contributed by atoms with Crippen LogP contribution in [0.3, 0.4) is 0 Å². The van der Waals surface area contributed by atoms with E-state index in [0.717, 1.165) is 22.0 Å². The molecule has 0 fully saturated rings. The molecule has 0 bridgehead atoms. The quantitative estimate of drug-likeness (QED) is 0.321. The maximum Gasteiger partial charge on any atom is 0.269 e. The molecule has 0 radical (unpaired) electrons. The number of carbonyl (C=O) groups excluding carboxylic acids is 2. The van der Waals surface area contributed by atoms with Crippen LogP contribution in [0.5, 0.6) is 0 Å². The molecular weight excluding hydrogens is 448 g/mol. The first-order valence-electron chi connectivity index (χ1n) is 10.8. The minimum absolute atomic E-state index is 0.124. The topological polar surface area (TPSA) is 79.8 Å². The van der Waals surface area contributed by atoms with Gasteiger partial charge in [0.05, 0.1) is 11.8 Å². The van der Waals surface area contributed by atoms with E-state index >= 15 is 0 Å². The van der Waals surface area contributed by atoms with E-state index in [-0.39, 0.29) is 23.2 Å². The fourth-order valence-corrected chi connectivity index (χ4v) is 4.02. The van der Waals surface area contributed by atoms with Crippen molar-refractivity contribution >= 4 is 34.2 Å². The van der Waals surface area contributed by atoms with E-state index in [1.807, 2.05) is 89.6 Å². The second-order valence-corrected chi connectivity index (χ2v) is 8.39. The van der Waals surface area contributed by atoms with Gasteiger partial charge in [-0.2, -0.15) is 0 Å². The van der Waals surface area contributed by atoms with Crippen LogP contribution < -0.4 is 5.32 Å². The van der Waals surface area contributed by atoms with E-state index in [4.69, 9.17) is 11.6 Å². The first-order chi connectivity index (χ1) is 16.6. The third-order valence-electron chi connectivity index (χ3n) is 5.63. The van der Waals surface area contributed by atoms with Crippen molar-refractivity contribution in [2.75, 3.05) is 0 Å². The summed E-state index contributed by atoms with van der Waals surface area (Å²) in [5.41, 5.74) is 3.76. The summed E-state index contributed by atoms with van der Waals surface area (Å²) in [5.74, 6) is -0.465. The Morgan fingerprint density at radius 2 is 1.65 bits per heavy atom. The first-order valence-corrected chi connectivity index (χ1v) is 11.2. The van der Waals surface area contributed by atoms with E-state index < -0.39 is 0 Å². The van der Waals surface area contributed by atoms with Crippen LogP contribution in [-0.4, -0.2) is 26.2 Å². The lowest BCUT2D eigenvalue weighted by Gasteiger charge is -2.05. The Balaban J connectivity index is 1.38. The van der Waals surface area contributed by atoms with Gasteiger partial charge < -0.3 is 14.9 Å². The monoisotopic (exact) mass is 468 g/mol. The van der Waals surface area contributed by atoms with Crippen molar-refractivity contribution in [3.8, 4) is 0 Å². The average molecular weight is 469 g/mol. The molecule has 0 saturated heterocycles. The van der Waals surface area contributed by atoms with Gasteiger partial charge in [0.15, 0.2) is 5.82 Å². The number of benzene rings is 3. The number of hydrogen-bond donors (Lipinski definition) is 2. The summed E-state index contributed by atoms with van der Waals surface area (Å²) < 4.78 is 2.03. The summed E-state index contributed by atoms with van der Waals surface area (Å²) in [6.45, 7) is 0.983. The van der Waals surface area contributed by atoms with Crippen LogP contribution in [0.2, 0.25) is 5.02 Å². The Bertz CT molecular complexity index is 1470. The second-order valence-electron chi connectivity index (χ2n) is 7.96. The molecule has 5 aromatic rings. The molecule has 0 aliphatic carbocycles. The summed E-state index contributed by atoms with van der Waals surface area (Å²) in [4.78, 5) is 32.9. The van der Waals surface area contributed by atoms with Crippen molar-refractivity contribution in [3.05, 3.63) is 124 Å². The van der Waals surface area contributed by atoms with Crippen molar-refractivity contribution in [2.45, 2.75) is 13.1 Å². The Hall–Kier alpha value is -4.16. The van der Waals surface area contributed by atoms with Crippen molar-refractivity contribution in [3.63, 3.8) is 0 Å². The predicted octanol–water partition coefficient (Wildman–Crippen LogP) is 5.23. The smallest absolute Gasteiger partial charge is 0.269 e. The second kappa shape index (κ2) is 9.37. The molecule has 2 N–H and O–H groups in total. The maximum atomic E-state index is 13.3.